The van der Waals surface area contributed by atoms with Crippen LogP contribution in [0.25, 0.3) is 0 Å². The van der Waals surface area contributed by atoms with Gasteiger partial charge in [0.1, 0.15) is 0 Å². The maximum Gasteiger partial charge on any atom is 0.0755 e. The quantitative estimate of drug-likeness (QED) is 0.484. The molecule has 0 aliphatic carbocycles. The van der Waals surface area contributed by atoms with E-state index >= 15 is 0 Å². The Balaban J connectivity index is 3.78. The van der Waals surface area contributed by atoms with Gasteiger partial charge in [0.05, 0.1) is 6.10 Å². The van der Waals surface area contributed by atoms with Gasteiger partial charge >= 0.3 is 0 Å². The second-order valence-corrected chi connectivity index (χ2v) is 2.62. The first-order valence-corrected chi connectivity index (χ1v) is 3.92. The van der Waals surface area contributed by atoms with Gasteiger partial charge in [0.25, 0.3) is 0 Å². The molecule has 0 radical (unpaired) electrons. The number of hydrogen-bond donors (Lipinski definition) is 1. The van der Waals surface area contributed by atoms with E-state index in [4.69, 9.17) is 0 Å². The highest BCUT2D eigenvalue weighted by Gasteiger charge is 2.07. The van der Waals surface area contributed by atoms with Crippen LogP contribution >= 0.6 is 0 Å². The third-order valence-corrected chi connectivity index (χ3v) is 1.57. The number of rotatable bonds is 3. The summed E-state index contributed by atoms with van der Waals surface area (Å²) in [6.07, 6.45) is 4.07. The molecule has 0 amide bonds. The Morgan fingerprint density at radius 3 is 2.64 bits per heavy atom. The van der Waals surface area contributed by atoms with E-state index in [-0.39, 0.29) is 12.0 Å². The van der Waals surface area contributed by atoms with E-state index in [1.54, 1.807) is 6.08 Å². The zero-order chi connectivity index (χ0) is 8.69. The summed E-state index contributed by atoms with van der Waals surface area (Å²) in [5.74, 6) is 5.99. The summed E-state index contributed by atoms with van der Waals surface area (Å²) in [7, 11) is 0. The highest BCUT2D eigenvalue weighted by Crippen LogP contribution is 2.07. The number of hydrogen-bond acceptors (Lipinski definition) is 1. The SMILES string of the molecule is CC#CCC(C)[C@H](O)/C=C/C. The van der Waals surface area contributed by atoms with Gasteiger partial charge in [-0.3, -0.25) is 0 Å². The Bertz CT molecular complexity index is 171. The summed E-state index contributed by atoms with van der Waals surface area (Å²) in [6.45, 7) is 5.71. The average Bonchev–Trinajstić information content (AvgIpc) is 2.00. The molecule has 1 heteroatoms. The lowest BCUT2D eigenvalue weighted by Crippen LogP contribution is -2.13. The summed E-state index contributed by atoms with van der Waals surface area (Å²) < 4.78 is 0. The largest absolute Gasteiger partial charge is 0.389 e. The highest BCUT2D eigenvalue weighted by molar-refractivity contribution is 4.99. The zero-order valence-electron chi connectivity index (χ0n) is 7.46. The number of aliphatic hydroxyl groups excluding tert-OH is 1. The van der Waals surface area contributed by atoms with Crippen LogP contribution in [0.5, 0.6) is 0 Å². The maximum atomic E-state index is 9.39. The van der Waals surface area contributed by atoms with Crippen molar-refractivity contribution in [1.82, 2.24) is 0 Å². The third-order valence-electron chi connectivity index (χ3n) is 1.57. The zero-order valence-corrected chi connectivity index (χ0v) is 7.46. The lowest BCUT2D eigenvalue weighted by atomic mass is 10.0. The summed E-state index contributed by atoms with van der Waals surface area (Å²) in [4.78, 5) is 0. The first-order chi connectivity index (χ1) is 5.22. The van der Waals surface area contributed by atoms with Gasteiger partial charge in [0, 0.05) is 6.42 Å². The molecule has 0 heterocycles. The molecule has 0 bridgehead atoms. The Morgan fingerprint density at radius 2 is 2.18 bits per heavy atom. The normalized spacial score (nSPS) is 15.6. The van der Waals surface area contributed by atoms with Crippen LogP contribution in [0.4, 0.5) is 0 Å². The van der Waals surface area contributed by atoms with Gasteiger partial charge in [0.2, 0.25) is 0 Å². The minimum atomic E-state index is -0.346. The minimum absolute atomic E-state index is 0.235. The maximum absolute atomic E-state index is 9.39. The smallest absolute Gasteiger partial charge is 0.0755 e. The molecule has 1 nitrogen and oxygen atoms in total. The van der Waals surface area contributed by atoms with Crippen LogP contribution in [0, 0.1) is 17.8 Å². The molecule has 0 saturated carbocycles. The molecule has 1 N–H and O–H groups in total. The van der Waals surface area contributed by atoms with Crippen LogP contribution in [0.3, 0.4) is 0 Å². The first-order valence-electron chi connectivity index (χ1n) is 3.92. The first kappa shape index (κ1) is 10.3. The molecule has 0 spiro atoms. The van der Waals surface area contributed by atoms with E-state index in [1.807, 2.05) is 26.8 Å². The van der Waals surface area contributed by atoms with Gasteiger partial charge in [-0.1, -0.05) is 19.1 Å². The van der Waals surface area contributed by atoms with Crippen molar-refractivity contribution in [2.45, 2.75) is 33.3 Å². The Kier molecular flexibility index (Phi) is 5.60. The second kappa shape index (κ2) is 6.00. The van der Waals surface area contributed by atoms with Crippen LogP contribution in [0.15, 0.2) is 12.2 Å². The molecule has 0 rings (SSSR count). The predicted octanol–water partition coefficient (Wildman–Crippen LogP) is 1.97. The Morgan fingerprint density at radius 1 is 1.55 bits per heavy atom. The van der Waals surface area contributed by atoms with Crippen LogP contribution in [-0.4, -0.2) is 11.2 Å². The van der Waals surface area contributed by atoms with E-state index in [2.05, 4.69) is 11.8 Å². The van der Waals surface area contributed by atoms with Crippen molar-refractivity contribution in [2.24, 2.45) is 5.92 Å². The van der Waals surface area contributed by atoms with Crippen molar-refractivity contribution in [3.63, 3.8) is 0 Å². The molecule has 2 atom stereocenters. The van der Waals surface area contributed by atoms with Crippen molar-refractivity contribution in [3.05, 3.63) is 12.2 Å². The summed E-state index contributed by atoms with van der Waals surface area (Å²) >= 11 is 0. The molecular formula is C10H16O. The van der Waals surface area contributed by atoms with Gasteiger partial charge in [0.15, 0.2) is 0 Å². The molecule has 1 unspecified atom stereocenters. The topological polar surface area (TPSA) is 20.2 Å². The van der Waals surface area contributed by atoms with Crippen LogP contribution in [-0.2, 0) is 0 Å². The second-order valence-electron chi connectivity index (χ2n) is 2.62. The Labute approximate surface area is 69.1 Å². The minimum Gasteiger partial charge on any atom is -0.389 e. The molecule has 11 heavy (non-hydrogen) atoms. The molecule has 0 aliphatic heterocycles. The fraction of sp³-hybridized carbons (Fsp3) is 0.600. The molecule has 0 fully saturated rings. The van der Waals surface area contributed by atoms with Gasteiger partial charge < -0.3 is 5.11 Å². The molecule has 0 saturated heterocycles. The van der Waals surface area contributed by atoms with E-state index in [9.17, 15) is 5.11 Å². The fourth-order valence-electron chi connectivity index (χ4n) is 0.771. The van der Waals surface area contributed by atoms with Gasteiger partial charge in [-0.2, -0.15) is 0 Å². The van der Waals surface area contributed by atoms with Crippen molar-refractivity contribution in [3.8, 4) is 11.8 Å². The average molecular weight is 152 g/mol. The summed E-state index contributed by atoms with van der Waals surface area (Å²) in [5.41, 5.74) is 0. The van der Waals surface area contributed by atoms with E-state index in [0.717, 1.165) is 6.42 Å². The predicted molar refractivity (Wildman–Crippen MR) is 48.1 cm³/mol. The number of allylic oxidation sites excluding steroid dienone is 1. The monoisotopic (exact) mass is 152 g/mol. The van der Waals surface area contributed by atoms with Crippen LogP contribution in [0.1, 0.15) is 27.2 Å². The highest BCUT2D eigenvalue weighted by atomic mass is 16.3. The lowest BCUT2D eigenvalue weighted by Gasteiger charge is -2.11. The molecule has 0 aromatic rings. The number of aliphatic hydroxyl groups is 1. The molecule has 0 aromatic heterocycles. The van der Waals surface area contributed by atoms with Crippen LogP contribution < -0.4 is 0 Å². The molecular weight excluding hydrogens is 136 g/mol. The van der Waals surface area contributed by atoms with E-state index in [1.165, 1.54) is 0 Å². The molecule has 62 valence electrons. The molecule has 0 aromatic carbocycles. The van der Waals surface area contributed by atoms with Crippen molar-refractivity contribution < 1.29 is 5.11 Å². The van der Waals surface area contributed by atoms with Crippen molar-refractivity contribution in [2.75, 3.05) is 0 Å². The van der Waals surface area contributed by atoms with Crippen molar-refractivity contribution in [1.29, 1.82) is 0 Å². The lowest BCUT2D eigenvalue weighted by molar-refractivity contribution is 0.165. The van der Waals surface area contributed by atoms with Gasteiger partial charge in [-0.15, -0.1) is 11.8 Å². The van der Waals surface area contributed by atoms with Crippen LogP contribution in [0.2, 0.25) is 0 Å². The summed E-state index contributed by atoms with van der Waals surface area (Å²) in [6, 6.07) is 0. The summed E-state index contributed by atoms with van der Waals surface area (Å²) in [5, 5.41) is 9.39. The fourth-order valence-corrected chi connectivity index (χ4v) is 0.771. The van der Waals surface area contributed by atoms with Gasteiger partial charge in [-0.25, -0.2) is 0 Å². The third kappa shape index (κ3) is 4.64. The standard InChI is InChI=1S/C10H16O/c1-4-6-8-9(3)10(11)7-5-2/h5,7,9-11H,8H2,1-3H3/b7-5+/t9?,10-/m1/s1. The van der Waals surface area contributed by atoms with Gasteiger partial charge in [-0.05, 0) is 19.8 Å². The van der Waals surface area contributed by atoms with E-state index < -0.39 is 0 Å². The molecule has 0 aliphatic rings. The van der Waals surface area contributed by atoms with Crippen molar-refractivity contribution >= 4 is 0 Å². The van der Waals surface area contributed by atoms with E-state index in [0.29, 0.717) is 0 Å². The Hall–Kier alpha value is -0.740.